The Labute approximate surface area is 141 Å². The van der Waals surface area contributed by atoms with Gasteiger partial charge in [-0.25, -0.2) is 4.79 Å². The summed E-state index contributed by atoms with van der Waals surface area (Å²) in [6, 6.07) is 8.09. The van der Waals surface area contributed by atoms with E-state index in [0.717, 1.165) is 43.7 Å². The van der Waals surface area contributed by atoms with E-state index in [4.69, 9.17) is 4.74 Å². The van der Waals surface area contributed by atoms with Gasteiger partial charge in [0.25, 0.3) is 0 Å². The molecule has 2 amide bonds. The highest BCUT2D eigenvalue weighted by molar-refractivity contribution is 5.75. The van der Waals surface area contributed by atoms with E-state index in [9.17, 15) is 4.79 Å². The molecule has 1 aliphatic heterocycles. The molecule has 7 nitrogen and oxygen atoms in total. The van der Waals surface area contributed by atoms with Crippen molar-refractivity contribution in [2.45, 2.75) is 31.8 Å². The lowest BCUT2D eigenvalue weighted by Gasteiger charge is -2.25. The van der Waals surface area contributed by atoms with Crippen LogP contribution in [0.5, 0.6) is 5.75 Å². The SMILES string of the molecule is COc1cccc([C@@H]2CCCN2C(=O)NCCCn2ccnn2)c1. The van der Waals surface area contributed by atoms with Gasteiger partial charge in [-0.2, -0.15) is 0 Å². The van der Waals surface area contributed by atoms with E-state index in [-0.39, 0.29) is 12.1 Å². The van der Waals surface area contributed by atoms with Gasteiger partial charge >= 0.3 is 6.03 Å². The predicted octanol–water partition coefficient (Wildman–Crippen LogP) is 2.22. The topological polar surface area (TPSA) is 72.3 Å². The lowest BCUT2D eigenvalue weighted by atomic mass is 10.0. The molecule has 1 saturated heterocycles. The number of hydrogen-bond acceptors (Lipinski definition) is 4. The molecule has 0 saturated carbocycles. The molecule has 1 N–H and O–H groups in total. The van der Waals surface area contributed by atoms with Crippen LogP contribution in [-0.4, -0.2) is 46.1 Å². The van der Waals surface area contributed by atoms with Gasteiger partial charge in [0.05, 0.1) is 19.3 Å². The maximum atomic E-state index is 12.5. The minimum absolute atomic E-state index is 0.00101. The van der Waals surface area contributed by atoms with Crippen molar-refractivity contribution in [3.05, 3.63) is 42.2 Å². The van der Waals surface area contributed by atoms with Crippen molar-refractivity contribution in [1.29, 1.82) is 0 Å². The van der Waals surface area contributed by atoms with Crippen molar-refractivity contribution in [2.75, 3.05) is 20.2 Å². The Morgan fingerprint density at radius 3 is 3.17 bits per heavy atom. The molecule has 0 radical (unpaired) electrons. The Balaban J connectivity index is 1.53. The number of ether oxygens (including phenoxy) is 1. The zero-order valence-corrected chi connectivity index (χ0v) is 13.9. The fraction of sp³-hybridized carbons (Fsp3) is 0.471. The number of rotatable bonds is 6. The van der Waals surface area contributed by atoms with Crippen LogP contribution in [0.4, 0.5) is 4.79 Å². The van der Waals surface area contributed by atoms with Gasteiger partial charge < -0.3 is 15.0 Å². The summed E-state index contributed by atoms with van der Waals surface area (Å²) in [5.74, 6) is 0.826. The van der Waals surface area contributed by atoms with Gasteiger partial charge in [-0.05, 0) is 37.0 Å². The van der Waals surface area contributed by atoms with E-state index in [2.05, 4.69) is 21.7 Å². The van der Waals surface area contributed by atoms with Gasteiger partial charge in [0.2, 0.25) is 0 Å². The van der Waals surface area contributed by atoms with Crippen LogP contribution in [0.15, 0.2) is 36.7 Å². The molecule has 2 heterocycles. The number of carbonyl (C=O) groups excluding carboxylic acids is 1. The first kappa shape index (κ1) is 16.3. The average Bonchev–Trinajstić information content (AvgIpc) is 3.30. The quantitative estimate of drug-likeness (QED) is 0.825. The largest absolute Gasteiger partial charge is 0.497 e. The number of nitrogens with one attached hydrogen (secondary N) is 1. The molecule has 2 aromatic rings. The molecule has 0 unspecified atom stereocenters. The Bertz CT molecular complexity index is 659. The van der Waals surface area contributed by atoms with Gasteiger partial charge in [0.1, 0.15) is 5.75 Å². The summed E-state index contributed by atoms with van der Waals surface area (Å²) in [6.45, 7) is 2.16. The first-order valence-electron chi connectivity index (χ1n) is 8.30. The molecule has 128 valence electrons. The molecule has 1 aromatic carbocycles. The first-order valence-corrected chi connectivity index (χ1v) is 8.30. The van der Waals surface area contributed by atoms with Crippen LogP contribution in [0.1, 0.15) is 30.9 Å². The second-order valence-corrected chi connectivity index (χ2v) is 5.88. The molecule has 7 heteroatoms. The highest BCUT2D eigenvalue weighted by Gasteiger charge is 2.29. The summed E-state index contributed by atoms with van der Waals surface area (Å²) in [7, 11) is 1.66. The van der Waals surface area contributed by atoms with Gasteiger partial charge in [-0.1, -0.05) is 17.3 Å². The van der Waals surface area contributed by atoms with Gasteiger partial charge in [0.15, 0.2) is 0 Å². The summed E-state index contributed by atoms with van der Waals surface area (Å²) >= 11 is 0. The van der Waals surface area contributed by atoms with E-state index < -0.39 is 0 Å². The van der Waals surface area contributed by atoms with E-state index in [0.29, 0.717) is 6.54 Å². The lowest BCUT2D eigenvalue weighted by molar-refractivity contribution is 0.192. The number of nitrogens with zero attached hydrogens (tertiary/aromatic N) is 4. The molecule has 0 bridgehead atoms. The zero-order valence-electron chi connectivity index (χ0n) is 13.9. The highest BCUT2D eigenvalue weighted by Crippen LogP contribution is 2.33. The molecule has 1 aliphatic rings. The molecular weight excluding hydrogens is 306 g/mol. The molecule has 1 fully saturated rings. The number of amides is 2. The third-order valence-corrected chi connectivity index (χ3v) is 4.30. The molecule has 24 heavy (non-hydrogen) atoms. The van der Waals surface area contributed by atoms with Crippen molar-refractivity contribution >= 4 is 6.03 Å². The van der Waals surface area contributed by atoms with E-state index in [1.165, 1.54) is 0 Å². The molecule has 0 aliphatic carbocycles. The third kappa shape index (κ3) is 3.84. The average molecular weight is 329 g/mol. The number of hydrogen-bond donors (Lipinski definition) is 1. The van der Waals surface area contributed by atoms with Crippen LogP contribution in [0.2, 0.25) is 0 Å². The Kier molecular flexibility index (Phi) is 5.30. The summed E-state index contributed by atoms with van der Waals surface area (Å²) in [6.07, 6.45) is 6.31. The van der Waals surface area contributed by atoms with Crippen LogP contribution >= 0.6 is 0 Å². The number of methoxy groups -OCH3 is 1. The Hall–Kier alpha value is -2.57. The minimum Gasteiger partial charge on any atom is -0.497 e. The third-order valence-electron chi connectivity index (χ3n) is 4.30. The highest BCUT2D eigenvalue weighted by atomic mass is 16.5. The van der Waals surface area contributed by atoms with Gasteiger partial charge in [-0.15, -0.1) is 5.10 Å². The van der Waals surface area contributed by atoms with Crippen LogP contribution in [0.25, 0.3) is 0 Å². The first-order chi connectivity index (χ1) is 11.8. The molecule has 1 aromatic heterocycles. The fourth-order valence-corrected chi connectivity index (χ4v) is 3.10. The van der Waals surface area contributed by atoms with Crippen molar-refractivity contribution in [2.24, 2.45) is 0 Å². The lowest BCUT2D eigenvalue weighted by Crippen LogP contribution is -2.40. The van der Waals surface area contributed by atoms with Crippen molar-refractivity contribution in [1.82, 2.24) is 25.2 Å². The van der Waals surface area contributed by atoms with Crippen LogP contribution in [-0.2, 0) is 6.54 Å². The number of likely N-dealkylation sites (tertiary alicyclic amines) is 1. The van der Waals surface area contributed by atoms with Gasteiger partial charge in [0, 0.05) is 25.8 Å². The maximum Gasteiger partial charge on any atom is 0.317 e. The Morgan fingerprint density at radius 2 is 2.38 bits per heavy atom. The monoisotopic (exact) mass is 329 g/mol. The second kappa shape index (κ2) is 7.81. The summed E-state index contributed by atoms with van der Waals surface area (Å²) in [4.78, 5) is 14.4. The van der Waals surface area contributed by atoms with E-state index in [1.54, 1.807) is 18.0 Å². The molecular formula is C17H23N5O2. The normalized spacial score (nSPS) is 17.0. The molecule has 3 rings (SSSR count). The number of carbonyl (C=O) groups is 1. The van der Waals surface area contributed by atoms with Crippen molar-refractivity contribution in [3.8, 4) is 5.75 Å². The van der Waals surface area contributed by atoms with E-state index >= 15 is 0 Å². The van der Waals surface area contributed by atoms with Crippen molar-refractivity contribution in [3.63, 3.8) is 0 Å². The smallest absolute Gasteiger partial charge is 0.317 e. The summed E-state index contributed by atoms with van der Waals surface area (Å²) < 4.78 is 7.06. The predicted molar refractivity (Wildman–Crippen MR) is 89.7 cm³/mol. The minimum atomic E-state index is -0.00101. The molecule has 0 spiro atoms. The standard InChI is InChI=1S/C17H23N5O2/c1-24-15-6-2-5-14(13-15)16-7-3-11-22(16)17(23)18-8-4-10-21-12-9-19-20-21/h2,5-6,9,12-13,16H,3-4,7-8,10-11H2,1H3,(H,18,23)/t16-/m0/s1. The number of aromatic nitrogens is 3. The van der Waals surface area contributed by atoms with Crippen LogP contribution in [0, 0.1) is 0 Å². The second-order valence-electron chi connectivity index (χ2n) is 5.88. The number of benzene rings is 1. The Morgan fingerprint density at radius 1 is 1.46 bits per heavy atom. The van der Waals surface area contributed by atoms with Crippen LogP contribution < -0.4 is 10.1 Å². The van der Waals surface area contributed by atoms with Gasteiger partial charge in [-0.3, -0.25) is 4.68 Å². The maximum absolute atomic E-state index is 12.5. The number of aryl methyl sites for hydroxylation is 1. The van der Waals surface area contributed by atoms with Crippen LogP contribution in [0.3, 0.4) is 0 Å². The van der Waals surface area contributed by atoms with Crippen molar-refractivity contribution < 1.29 is 9.53 Å². The van der Waals surface area contributed by atoms with E-state index in [1.807, 2.05) is 29.3 Å². The summed E-state index contributed by atoms with van der Waals surface area (Å²) in [5.41, 5.74) is 1.13. The fourth-order valence-electron chi connectivity index (χ4n) is 3.10. The summed E-state index contributed by atoms with van der Waals surface area (Å²) in [5, 5.41) is 10.7. The number of urea groups is 1. The molecule has 1 atom stereocenters. The zero-order chi connectivity index (χ0) is 16.8.